The first-order chi connectivity index (χ1) is 16.0. The summed E-state index contributed by atoms with van der Waals surface area (Å²) in [5.74, 6) is 0.517. The minimum Gasteiger partial charge on any atom is -0.465 e. The zero-order valence-electron chi connectivity index (χ0n) is 17.8. The van der Waals surface area contributed by atoms with E-state index in [4.69, 9.17) is 4.42 Å². The monoisotopic (exact) mass is 445 g/mol. The molecule has 3 N–H and O–H groups in total. The molecule has 0 aliphatic heterocycles. The molecule has 0 saturated heterocycles. The standard InChI is InChI=1S/C25H23N3O5/c29-14-13-28-15-26-22-20(23(28)30)19(16-5-2-1-3-6-16)21(33-22)17-7-9-18(10-8-17)25(11-4-12-25)27-24(31)32/h1-3,5-10,15,27,29H,4,11-14H2,(H,31,32). The van der Waals surface area contributed by atoms with Crippen LogP contribution in [-0.4, -0.2) is 32.5 Å². The lowest BCUT2D eigenvalue weighted by molar-refractivity contribution is 0.144. The summed E-state index contributed by atoms with van der Waals surface area (Å²) in [4.78, 5) is 28.8. The lowest BCUT2D eigenvalue weighted by atomic mass is 9.72. The molecule has 0 atom stereocenters. The van der Waals surface area contributed by atoms with Gasteiger partial charge in [0.05, 0.1) is 18.7 Å². The molecule has 5 rings (SSSR count). The number of aliphatic hydroxyl groups excluding tert-OH is 1. The predicted molar refractivity (Wildman–Crippen MR) is 123 cm³/mol. The van der Waals surface area contributed by atoms with E-state index in [-0.39, 0.29) is 24.4 Å². The molecule has 1 aliphatic carbocycles. The summed E-state index contributed by atoms with van der Waals surface area (Å²) in [6.45, 7) is -0.0318. The summed E-state index contributed by atoms with van der Waals surface area (Å²) in [7, 11) is 0. The number of benzene rings is 2. The average molecular weight is 445 g/mol. The average Bonchev–Trinajstić information content (AvgIpc) is 3.19. The lowest BCUT2D eigenvalue weighted by Gasteiger charge is -2.42. The molecule has 1 saturated carbocycles. The second-order valence-electron chi connectivity index (χ2n) is 8.26. The van der Waals surface area contributed by atoms with Crippen molar-refractivity contribution >= 4 is 17.2 Å². The van der Waals surface area contributed by atoms with E-state index in [1.54, 1.807) is 0 Å². The fourth-order valence-electron chi connectivity index (χ4n) is 4.54. The van der Waals surface area contributed by atoms with Crippen LogP contribution in [-0.2, 0) is 12.1 Å². The predicted octanol–water partition coefficient (Wildman–Crippen LogP) is 3.96. The molecule has 0 unspecified atom stereocenters. The fraction of sp³-hybridized carbons (Fsp3) is 0.240. The van der Waals surface area contributed by atoms with Crippen LogP contribution >= 0.6 is 0 Å². The number of nitrogens with zero attached hydrogens (tertiary/aromatic N) is 2. The van der Waals surface area contributed by atoms with Gasteiger partial charge >= 0.3 is 6.09 Å². The highest BCUT2D eigenvalue weighted by Crippen LogP contribution is 2.43. The first-order valence-electron chi connectivity index (χ1n) is 10.8. The van der Waals surface area contributed by atoms with Gasteiger partial charge in [0.1, 0.15) is 17.5 Å². The van der Waals surface area contributed by atoms with E-state index in [1.165, 1.54) is 10.9 Å². The van der Waals surface area contributed by atoms with Crippen molar-refractivity contribution in [2.24, 2.45) is 0 Å². The van der Waals surface area contributed by atoms with E-state index >= 15 is 0 Å². The Morgan fingerprint density at radius 1 is 1.09 bits per heavy atom. The van der Waals surface area contributed by atoms with Crippen molar-refractivity contribution in [2.75, 3.05) is 6.61 Å². The van der Waals surface area contributed by atoms with Gasteiger partial charge < -0.3 is 19.9 Å². The quantitative estimate of drug-likeness (QED) is 0.413. The maximum atomic E-state index is 13.2. The van der Waals surface area contributed by atoms with Crippen LogP contribution in [0.3, 0.4) is 0 Å². The Morgan fingerprint density at radius 2 is 1.82 bits per heavy atom. The number of aromatic nitrogens is 2. The Bertz CT molecular complexity index is 1370. The van der Waals surface area contributed by atoms with Crippen LogP contribution in [0.2, 0.25) is 0 Å². The zero-order chi connectivity index (χ0) is 23.0. The molecule has 33 heavy (non-hydrogen) atoms. The number of furan rings is 1. The minimum absolute atomic E-state index is 0.143. The molecule has 0 radical (unpaired) electrons. The van der Waals surface area contributed by atoms with Crippen LogP contribution in [0.15, 0.2) is 70.1 Å². The zero-order valence-corrected chi connectivity index (χ0v) is 17.8. The van der Waals surface area contributed by atoms with Gasteiger partial charge in [-0.05, 0) is 30.4 Å². The van der Waals surface area contributed by atoms with E-state index in [2.05, 4.69) is 10.3 Å². The molecule has 8 heteroatoms. The van der Waals surface area contributed by atoms with Crippen molar-refractivity contribution in [1.82, 2.24) is 14.9 Å². The van der Waals surface area contributed by atoms with E-state index in [1.807, 2.05) is 54.6 Å². The van der Waals surface area contributed by atoms with Gasteiger partial charge in [0.2, 0.25) is 5.71 Å². The number of nitrogens with one attached hydrogen (secondary N) is 1. The van der Waals surface area contributed by atoms with E-state index in [9.17, 15) is 19.8 Å². The third-order valence-electron chi connectivity index (χ3n) is 6.34. The Morgan fingerprint density at radius 3 is 2.42 bits per heavy atom. The Labute approximate surface area is 189 Å². The number of aliphatic hydroxyl groups is 1. The van der Waals surface area contributed by atoms with E-state index in [0.717, 1.165) is 36.0 Å². The van der Waals surface area contributed by atoms with Crippen LogP contribution in [0, 0.1) is 0 Å². The van der Waals surface area contributed by atoms with Crippen molar-refractivity contribution in [3.05, 3.63) is 76.8 Å². The van der Waals surface area contributed by atoms with Crippen LogP contribution in [0.25, 0.3) is 33.6 Å². The molecule has 0 bridgehead atoms. The van der Waals surface area contributed by atoms with Crippen molar-refractivity contribution in [3.8, 4) is 22.5 Å². The number of rotatable bonds is 6. The van der Waals surface area contributed by atoms with Gasteiger partial charge in [-0.2, -0.15) is 0 Å². The van der Waals surface area contributed by atoms with Gasteiger partial charge in [-0.25, -0.2) is 9.78 Å². The Balaban J connectivity index is 1.66. The van der Waals surface area contributed by atoms with E-state index < -0.39 is 11.6 Å². The number of carboxylic acid groups (broad SMARTS) is 1. The van der Waals surface area contributed by atoms with Crippen molar-refractivity contribution < 1.29 is 19.4 Å². The third-order valence-corrected chi connectivity index (χ3v) is 6.34. The number of carbonyl (C=O) groups is 1. The molecule has 0 spiro atoms. The molecule has 8 nitrogen and oxygen atoms in total. The third kappa shape index (κ3) is 3.58. The van der Waals surface area contributed by atoms with Crippen molar-refractivity contribution in [3.63, 3.8) is 0 Å². The second-order valence-corrected chi connectivity index (χ2v) is 8.26. The second kappa shape index (κ2) is 8.22. The number of amides is 1. The van der Waals surface area contributed by atoms with Crippen LogP contribution in [0.5, 0.6) is 0 Å². The van der Waals surface area contributed by atoms with Gasteiger partial charge in [0, 0.05) is 11.1 Å². The van der Waals surface area contributed by atoms with Gasteiger partial charge in [0.15, 0.2) is 0 Å². The minimum atomic E-state index is -1.03. The lowest BCUT2D eigenvalue weighted by Crippen LogP contribution is -2.50. The summed E-state index contributed by atoms with van der Waals surface area (Å²) in [5, 5.41) is 21.6. The fourth-order valence-corrected chi connectivity index (χ4v) is 4.54. The molecule has 1 fully saturated rings. The smallest absolute Gasteiger partial charge is 0.405 e. The molecule has 2 aromatic heterocycles. The molecule has 2 heterocycles. The largest absolute Gasteiger partial charge is 0.465 e. The number of hydrogen-bond acceptors (Lipinski definition) is 5. The van der Waals surface area contributed by atoms with Crippen molar-refractivity contribution in [2.45, 2.75) is 31.3 Å². The van der Waals surface area contributed by atoms with Gasteiger partial charge in [0.25, 0.3) is 5.56 Å². The van der Waals surface area contributed by atoms with E-state index in [0.29, 0.717) is 16.7 Å². The summed E-state index contributed by atoms with van der Waals surface area (Å²) < 4.78 is 7.46. The molecular weight excluding hydrogens is 422 g/mol. The normalized spacial score (nSPS) is 14.7. The Hall–Kier alpha value is -3.91. The first-order valence-corrected chi connectivity index (χ1v) is 10.8. The van der Waals surface area contributed by atoms with Crippen LogP contribution in [0.1, 0.15) is 24.8 Å². The molecule has 2 aromatic carbocycles. The molecular formula is C25H23N3O5. The highest BCUT2D eigenvalue weighted by atomic mass is 16.4. The van der Waals surface area contributed by atoms with Gasteiger partial charge in [-0.15, -0.1) is 0 Å². The van der Waals surface area contributed by atoms with Gasteiger partial charge in [-0.3, -0.25) is 9.36 Å². The molecule has 1 amide bonds. The summed E-state index contributed by atoms with van der Waals surface area (Å²) >= 11 is 0. The van der Waals surface area contributed by atoms with Crippen molar-refractivity contribution in [1.29, 1.82) is 0 Å². The summed E-state index contributed by atoms with van der Waals surface area (Å²) in [6, 6.07) is 17.1. The maximum absolute atomic E-state index is 13.2. The molecule has 168 valence electrons. The van der Waals surface area contributed by atoms with Gasteiger partial charge in [-0.1, -0.05) is 54.6 Å². The maximum Gasteiger partial charge on any atom is 0.405 e. The summed E-state index contributed by atoms with van der Waals surface area (Å²) in [5.41, 5.74) is 2.52. The van der Waals surface area contributed by atoms with Crippen LogP contribution in [0.4, 0.5) is 4.79 Å². The molecule has 4 aromatic rings. The number of fused-ring (bicyclic) bond motifs is 1. The highest BCUT2D eigenvalue weighted by Gasteiger charge is 2.40. The summed E-state index contributed by atoms with van der Waals surface area (Å²) in [6.07, 6.45) is 2.83. The van der Waals surface area contributed by atoms with Crippen LogP contribution < -0.4 is 10.9 Å². The topological polar surface area (TPSA) is 118 Å². The molecule has 1 aliphatic rings. The Kier molecular flexibility index (Phi) is 5.22. The first kappa shape index (κ1) is 21.0. The highest BCUT2D eigenvalue weighted by molar-refractivity contribution is 5.99. The SMILES string of the molecule is O=C(O)NC1(c2ccc(-c3oc4ncn(CCO)c(=O)c4c3-c3ccccc3)cc2)CCC1. The number of hydrogen-bond donors (Lipinski definition) is 3.